The minimum Gasteiger partial charge on any atom is -0.383 e. The number of aromatic nitrogens is 3. The minimum absolute atomic E-state index is 0. The van der Waals surface area contributed by atoms with E-state index in [0.717, 1.165) is 22.3 Å². The summed E-state index contributed by atoms with van der Waals surface area (Å²) in [6.07, 6.45) is 7.21. The third-order valence-corrected chi connectivity index (χ3v) is 2.29. The van der Waals surface area contributed by atoms with Crippen LogP contribution in [0.25, 0.3) is 16.6 Å². The lowest BCUT2D eigenvalue weighted by molar-refractivity contribution is 0.566. The third-order valence-electron chi connectivity index (χ3n) is 2.29. The van der Waals surface area contributed by atoms with E-state index >= 15 is 0 Å². The lowest BCUT2D eigenvalue weighted by Crippen LogP contribution is -2.04. The fraction of sp³-hybridized carbons (Fsp3) is 0.250. The van der Waals surface area contributed by atoms with Gasteiger partial charge in [-0.1, -0.05) is 0 Å². The van der Waals surface area contributed by atoms with Crippen molar-refractivity contribution in [3.63, 3.8) is 0 Å². The van der Waals surface area contributed by atoms with Crippen molar-refractivity contribution in [2.24, 2.45) is 4.99 Å². The number of hydrogen-bond donors (Lipinski definition) is 1. The maximum Gasteiger partial charge on any atom is 0.141 e. The molecule has 96 valence electrons. The molecule has 0 fully saturated rings. The highest BCUT2D eigenvalue weighted by atomic mass is 35.5. The summed E-state index contributed by atoms with van der Waals surface area (Å²) in [5.41, 5.74) is 2.68. The normalized spacial score (nSPS) is 11.8. The molecule has 2 aromatic rings. The van der Waals surface area contributed by atoms with Gasteiger partial charge in [-0.15, -0.1) is 12.4 Å². The number of nitrogens with zero attached hydrogens (tertiary/aromatic N) is 4. The zero-order chi connectivity index (χ0) is 12.3. The van der Waals surface area contributed by atoms with Crippen LogP contribution in [0.4, 0.5) is 0 Å². The predicted octanol–water partition coefficient (Wildman–Crippen LogP) is 1.98. The second-order valence-electron chi connectivity index (χ2n) is 3.90. The molecule has 0 unspecified atom stereocenters. The maximum atomic E-state index is 4.33. The lowest BCUT2D eigenvalue weighted by atomic mass is 10.1. The molecular weight excluding hydrogens is 250 g/mol. The summed E-state index contributed by atoms with van der Waals surface area (Å²) in [6, 6.07) is 1.97. The smallest absolute Gasteiger partial charge is 0.141 e. The summed E-state index contributed by atoms with van der Waals surface area (Å²) in [7, 11) is 5.69. The summed E-state index contributed by atoms with van der Waals surface area (Å²) < 4.78 is 0. The maximum absolute atomic E-state index is 4.33. The van der Waals surface area contributed by atoms with Gasteiger partial charge in [-0.05, 0) is 6.07 Å². The van der Waals surface area contributed by atoms with Crippen molar-refractivity contribution in [2.75, 3.05) is 21.1 Å². The highest BCUT2D eigenvalue weighted by Crippen LogP contribution is 2.19. The number of aliphatic imine (C=N–C) groups is 1. The Bertz CT molecular complexity index is 571. The van der Waals surface area contributed by atoms with E-state index in [1.807, 2.05) is 37.5 Å². The fourth-order valence-corrected chi connectivity index (χ4v) is 1.68. The average molecular weight is 266 g/mol. The van der Waals surface area contributed by atoms with Crippen LogP contribution in [-0.2, 0) is 0 Å². The van der Waals surface area contributed by atoms with E-state index < -0.39 is 0 Å². The van der Waals surface area contributed by atoms with E-state index in [1.165, 1.54) is 0 Å². The Hall–Kier alpha value is -1.88. The Morgan fingerprint density at radius 1 is 1.39 bits per heavy atom. The van der Waals surface area contributed by atoms with E-state index in [0.29, 0.717) is 0 Å². The van der Waals surface area contributed by atoms with Gasteiger partial charge in [0.2, 0.25) is 0 Å². The molecule has 0 bridgehead atoms. The van der Waals surface area contributed by atoms with Crippen molar-refractivity contribution in [1.29, 1.82) is 0 Å². The van der Waals surface area contributed by atoms with Crippen LogP contribution in [0.5, 0.6) is 0 Å². The van der Waals surface area contributed by atoms with Crippen molar-refractivity contribution in [3.05, 3.63) is 30.5 Å². The summed E-state index contributed by atoms with van der Waals surface area (Å²) in [6.45, 7) is 0. The average Bonchev–Trinajstić information content (AvgIpc) is 2.75. The topological polar surface area (TPSA) is 57.2 Å². The molecule has 0 aromatic carbocycles. The quantitative estimate of drug-likeness (QED) is 0.864. The Morgan fingerprint density at radius 3 is 2.83 bits per heavy atom. The molecule has 0 amide bonds. The zero-order valence-corrected chi connectivity index (χ0v) is 11.4. The Labute approximate surface area is 112 Å². The van der Waals surface area contributed by atoms with Crippen LogP contribution in [0.3, 0.4) is 0 Å². The van der Waals surface area contributed by atoms with Crippen LogP contribution in [0.15, 0.2) is 29.8 Å². The molecule has 6 heteroatoms. The molecule has 0 aliphatic heterocycles. The van der Waals surface area contributed by atoms with Gasteiger partial charge in [0, 0.05) is 50.7 Å². The zero-order valence-electron chi connectivity index (χ0n) is 10.6. The van der Waals surface area contributed by atoms with Crippen molar-refractivity contribution in [3.8, 4) is 0 Å². The number of nitrogens with one attached hydrogen (secondary N) is 1. The summed E-state index contributed by atoms with van der Waals surface area (Å²) in [4.78, 5) is 17.6. The Balaban J connectivity index is 0.00000162. The predicted molar refractivity (Wildman–Crippen MR) is 77.2 cm³/mol. The molecule has 2 aromatic heterocycles. The van der Waals surface area contributed by atoms with Crippen molar-refractivity contribution >= 4 is 35.2 Å². The molecule has 1 N–H and O–H groups in total. The van der Waals surface area contributed by atoms with Crippen LogP contribution in [-0.4, -0.2) is 47.2 Å². The fourth-order valence-electron chi connectivity index (χ4n) is 1.68. The van der Waals surface area contributed by atoms with Crippen molar-refractivity contribution in [1.82, 2.24) is 19.9 Å². The first kappa shape index (κ1) is 14.2. The number of halogens is 1. The number of fused-ring (bicyclic) bond motifs is 1. The molecule has 0 aliphatic carbocycles. The number of H-pyrrole nitrogens is 1. The second kappa shape index (κ2) is 6.16. The summed E-state index contributed by atoms with van der Waals surface area (Å²) in [5.74, 6) is 0. The third kappa shape index (κ3) is 2.87. The van der Waals surface area contributed by atoms with Crippen LogP contribution in [0.2, 0.25) is 0 Å². The largest absolute Gasteiger partial charge is 0.383 e. The van der Waals surface area contributed by atoms with E-state index in [4.69, 9.17) is 0 Å². The van der Waals surface area contributed by atoms with E-state index in [2.05, 4.69) is 19.9 Å². The van der Waals surface area contributed by atoms with Gasteiger partial charge in [-0.25, -0.2) is 9.97 Å². The summed E-state index contributed by atoms with van der Waals surface area (Å²) >= 11 is 0. The van der Waals surface area contributed by atoms with E-state index in [9.17, 15) is 0 Å². The number of aromatic amines is 1. The first-order chi connectivity index (χ1) is 8.22. The van der Waals surface area contributed by atoms with Gasteiger partial charge in [-0.3, -0.25) is 4.99 Å². The molecule has 18 heavy (non-hydrogen) atoms. The Kier molecular flexibility index (Phi) is 4.85. The standard InChI is InChI=1S/C12H15N5.ClH/c1-13-6-9(7-17(2)3)11-10-4-5-14-12(10)16-8-15-11;/h4-8H,1-3H3,(H,14,15,16);1H/b9-7+,13-6?;. The van der Waals surface area contributed by atoms with Gasteiger partial charge in [0.1, 0.15) is 12.0 Å². The van der Waals surface area contributed by atoms with Crippen LogP contribution in [0.1, 0.15) is 5.69 Å². The van der Waals surface area contributed by atoms with Crippen molar-refractivity contribution < 1.29 is 0 Å². The molecule has 0 saturated carbocycles. The number of rotatable bonds is 3. The van der Waals surface area contributed by atoms with E-state index in [-0.39, 0.29) is 12.4 Å². The molecule has 0 spiro atoms. The van der Waals surface area contributed by atoms with Crippen LogP contribution >= 0.6 is 12.4 Å². The molecule has 0 aliphatic rings. The second-order valence-corrected chi connectivity index (χ2v) is 3.90. The van der Waals surface area contributed by atoms with Gasteiger partial charge < -0.3 is 9.88 Å². The molecule has 0 saturated heterocycles. The van der Waals surface area contributed by atoms with Gasteiger partial charge in [0.15, 0.2) is 0 Å². The number of hydrogen-bond acceptors (Lipinski definition) is 4. The van der Waals surface area contributed by atoms with Crippen molar-refractivity contribution in [2.45, 2.75) is 0 Å². The first-order valence-electron chi connectivity index (χ1n) is 5.31. The molecule has 0 atom stereocenters. The molecule has 2 heterocycles. The van der Waals surface area contributed by atoms with Gasteiger partial charge in [0.05, 0.1) is 5.69 Å². The summed E-state index contributed by atoms with van der Waals surface area (Å²) in [5, 5.41) is 1.00. The number of allylic oxidation sites excluding steroid dienone is 1. The first-order valence-corrected chi connectivity index (χ1v) is 5.31. The molecule has 5 nitrogen and oxygen atoms in total. The van der Waals surface area contributed by atoms with E-state index in [1.54, 1.807) is 19.6 Å². The highest BCUT2D eigenvalue weighted by Gasteiger charge is 2.08. The molecule has 0 radical (unpaired) electrons. The SMILES string of the molecule is CN=C/C(=C\N(C)C)c1ncnc2[nH]ccc12.Cl. The van der Waals surface area contributed by atoms with Gasteiger partial charge in [-0.2, -0.15) is 0 Å². The Morgan fingerprint density at radius 2 is 2.17 bits per heavy atom. The minimum atomic E-state index is 0. The monoisotopic (exact) mass is 265 g/mol. The molecule has 2 rings (SSSR count). The lowest BCUT2D eigenvalue weighted by Gasteiger charge is -2.08. The van der Waals surface area contributed by atoms with Crippen LogP contribution in [0, 0.1) is 0 Å². The highest BCUT2D eigenvalue weighted by molar-refractivity contribution is 6.13. The van der Waals surface area contributed by atoms with Gasteiger partial charge in [0.25, 0.3) is 0 Å². The van der Waals surface area contributed by atoms with Gasteiger partial charge >= 0.3 is 0 Å². The van der Waals surface area contributed by atoms with Crippen LogP contribution < -0.4 is 0 Å². The molecular formula is C12H16ClN5.